The highest BCUT2D eigenvalue weighted by molar-refractivity contribution is 5.06. The van der Waals surface area contributed by atoms with Crippen LogP contribution >= 0.6 is 0 Å². The van der Waals surface area contributed by atoms with Crippen LogP contribution in [0.1, 0.15) is 54.4 Å². The molecule has 0 saturated heterocycles. The zero-order chi connectivity index (χ0) is 12.1. The summed E-state index contributed by atoms with van der Waals surface area (Å²) in [6, 6.07) is 0.433. The molecule has 0 spiro atoms. The molecule has 90 valence electrons. The zero-order valence-electron chi connectivity index (χ0n) is 11.5. The van der Waals surface area contributed by atoms with E-state index in [1.165, 1.54) is 18.4 Å². The van der Waals surface area contributed by atoms with E-state index < -0.39 is 0 Å². The maximum atomic E-state index is 4.14. The van der Waals surface area contributed by atoms with Crippen molar-refractivity contribution in [3.63, 3.8) is 0 Å². The second kappa shape index (κ2) is 6.32. The van der Waals surface area contributed by atoms with Crippen LogP contribution in [-0.2, 0) is 0 Å². The third-order valence-electron chi connectivity index (χ3n) is 3.84. The SMILES string of the molecule is C=C(C(C)C)C(C)NCC(C)(CC)CC. The molecule has 1 N–H and O–H groups in total. The lowest BCUT2D eigenvalue weighted by Crippen LogP contribution is -2.38. The molecule has 15 heavy (non-hydrogen) atoms. The molecule has 1 nitrogen and oxygen atoms in total. The van der Waals surface area contributed by atoms with Crippen LogP contribution in [0.15, 0.2) is 12.2 Å². The topological polar surface area (TPSA) is 12.0 Å². The Labute approximate surface area is 96.3 Å². The third-order valence-corrected chi connectivity index (χ3v) is 3.84. The summed E-state index contributed by atoms with van der Waals surface area (Å²) in [6.07, 6.45) is 2.47. The molecule has 0 amide bonds. The average molecular weight is 211 g/mol. The first-order chi connectivity index (χ1) is 6.86. The molecule has 0 rings (SSSR count). The summed E-state index contributed by atoms with van der Waals surface area (Å²) in [5.74, 6) is 0.571. The zero-order valence-corrected chi connectivity index (χ0v) is 11.5. The molecule has 0 radical (unpaired) electrons. The molecule has 0 saturated carbocycles. The Morgan fingerprint density at radius 2 is 1.67 bits per heavy atom. The van der Waals surface area contributed by atoms with Crippen LogP contribution < -0.4 is 5.32 Å². The molecule has 0 aliphatic carbocycles. The van der Waals surface area contributed by atoms with Crippen LogP contribution in [0.2, 0.25) is 0 Å². The van der Waals surface area contributed by atoms with E-state index >= 15 is 0 Å². The van der Waals surface area contributed by atoms with Gasteiger partial charge in [0.05, 0.1) is 0 Å². The van der Waals surface area contributed by atoms with Gasteiger partial charge in [0.25, 0.3) is 0 Å². The van der Waals surface area contributed by atoms with Crippen molar-refractivity contribution in [2.45, 2.75) is 60.4 Å². The lowest BCUT2D eigenvalue weighted by atomic mass is 9.84. The number of hydrogen-bond acceptors (Lipinski definition) is 1. The number of hydrogen-bond donors (Lipinski definition) is 1. The standard InChI is InChI=1S/C14H29N/c1-8-14(7,9-2)10-15-13(6)12(5)11(3)4/h11,13,15H,5,8-10H2,1-4,6-7H3. The van der Waals surface area contributed by atoms with E-state index in [1.54, 1.807) is 0 Å². The lowest BCUT2D eigenvalue weighted by Gasteiger charge is -2.30. The minimum atomic E-state index is 0.433. The summed E-state index contributed by atoms with van der Waals surface area (Å²) < 4.78 is 0. The fourth-order valence-corrected chi connectivity index (χ4v) is 1.53. The highest BCUT2D eigenvalue weighted by Gasteiger charge is 2.20. The Kier molecular flexibility index (Phi) is 6.19. The Hall–Kier alpha value is -0.300. The van der Waals surface area contributed by atoms with E-state index in [0.29, 0.717) is 17.4 Å². The molecular weight excluding hydrogens is 182 g/mol. The molecule has 0 aliphatic heterocycles. The first-order valence-corrected chi connectivity index (χ1v) is 6.28. The van der Waals surface area contributed by atoms with Crippen molar-refractivity contribution in [2.75, 3.05) is 6.54 Å². The van der Waals surface area contributed by atoms with E-state index in [4.69, 9.17) is 0 Å². The minimum Gasteiger partial charge on any atom is -0.310 e. The van der Waals surface area contributed by atoms with Gasteiger partial charge in [-0.2, -0.15) is 0 Å². The highest BCUT2D eigenvalue weighted by Crippen LogP contribution is 2.24. The molecule has 0 bridgehead atoms. The van der Waals surface area contributed by atoms with Crippen molar-refractivity contribution in [2.24, 2.45) is 11.3 Å². The Morgan fingerprint density at radius 3 is 2.00 bits per heavy atom. The van der Waals surface area contributed by atoms with Gasteiger partial charge in [0.15, 0.2) is 0 Å². The van der Waals surface area contributed by atoms with Gasteiger partial charge >= 0.3 is 0 Å². The van der Waals surface area contributed by atoms with Gasteiger partial charge < -0.3 is 5.32 Å². The van der Waals surface area contributed by atoms with Crippen molar-refractivity contribution >= 4 is 0 Å². The van der Waals surface area contributed by atoms with Gasteiger partial charge in [0.1, 0.15) is 0 Å². The largest absolute Gasteiger partial charge is 0.310 e. The van der Waals surface area contributed by atoms with Crippen LogP contribution in [0.25, 0.3) is 0 Å². The fourth-order valence-electron chi connectivity index (χ4n) is 1.53. The number of nitrogens with one attached hydrogen (secondary N) is 1. The van der Waals surface area contributed by atoms with Gasteiger partial charge in [-0.05, 0) is 31.1 Å². The molecule has 0 aromatic heterocycles. The van der Waals surface area contributed by atoms with Gasteiger partial charge in [-0.25, -0.2) is 0 Å². The minimum absolute atomic E-state index is 0.433. The first kappa shape index (κ1) is 14.7. The van der Waals surface area contributed by atoms with E-state index in [1.807, 2.05) is 0 Å². The van der Waals surface area contributed by atoms with Crippen molar-refractivity contribution in [3.05, 3.63) is 12.2 Å². The summed E-state index contributed by atoms with van der Waals surface area (Å²) in [5, 5.41) is 3.61. The predicted molar refractivity (Wildman–Crippen MR) is 70.1 cm³/mol. The van der Waals surface area contributed by atoms with Crippen molar-refractivity contribution < 1.29 is 0 Å². The smallest absolute Gasteiger partial charge is 0.0251 e. The molecular formula is C14H29N. The van der Waals surface area contributed by atoms with Crippen LogP contribution in [0.3, 0.4) is 0 Å². The normalized spacial score (nSPS) is 14.3. The second-order valence-corrected chi connectivity index (χ2v) is 5.35. The second-order valence-electron chi connectivity index (χ2n) is 5.35. The van der Waals surface area contributed by atoms with E-state index in [0.717, 1.165) is 6.54 Å². The molecule has 0 fully saturated rings. The van der Waals surface area contributed by atoms with E-state index in [9.17, 15) is 0 Å². The lowest BCUT2D eigenvalue weighted by molar-refractivity contribution is 0.273. The Balaban J connectivity index is 4.10. The van der Waals surface area contributed by atoms with Gasteiger partial charge in [0.2, 0.25) is 0 Å². The summed E-state index contributed by atoms with van der Waals surface area (Å²) in [6.45, 7) is 18.8. The van der Waals surface area contributed by atoms with Crippen LogP contribution in [-0.4, -0.2) is 12.6 Å². The fraction of sp³-hybridized carbons (Fsp3) is 0.857. The van der Waals surface area contributed by atoms with E-state index in [2.05, 4.69) is 53.4 Å². The molecule has 0 heterocycles. The average Bonchev–Trinajstić information content (AvgIpc) is 2.24. The van der Waals surface area contributed by atoms with E-state index in [-0.39, 0.29) is 0 Å². The van der Waals surface area contributed by atoms with Gasteiger partial charge in [0, 0.05) is 12.6 Å². The van der Waals surface area contributed by atoms with Crippen LogP contribution in [0, 0.1) is 11.3 Å². The monoisotopic (exact) mass is 211 g/mol. The van der Waals surface area contributed by atoms with Gasteiger partial charge in [-0.3, -0.25) is 0 Å². The molecule has 1 heteroatoms. The van der Waals surface area contributed by atoms with Crippen molar-refractivity contribution in [3.8, 4) is 0 Å². The molecule has 0 aromatic rings. The quantitative estimate of drug-likeness (QED) is 0.628. The van der Waals surface area contributed by atoms with Crippen LogP contribution in [0.5, 0.6) is 0 Å². The summed E-state index contributed by atoms with van der Waals surface area (Å²) in [5.41, 5.74) is 1.75. The maximum absolute atomic E-state index is 4.14. The van der Waals surface area contributed by atoms with Crippen molar-refractivity contribution in [1.82, 2.24) is 5.32 Å². The van der Waals surface area contributed by atoms with Gasteiger partial charge in [-0.1, -0.05) is 46.8 Å². The highest BCUT2D eigenvalue weighted by atomic mass is 14.9. The first-order valence-electron chi connectivity index (χ1n) is 6.28. The molecule has 0 aliphatic rings. The molecule has 1 atom stereocenters. The van der Waals surface area contributed by atoms with Gasteiger partial charge in [-0.15, -0.1) is 0 Å². The predicted octanol–water partition coefficient (Wildman–Crippen LogP) is 4.00. The number of rotatable bonds is 7. The Bertz CT molecular complexity index is 190. The molecule has 1 unspecified atom stereocenters. The summed E-state index contributed by atoms with van der Waals surface area (Å²) >= 11 is 0. The van der Waals surface area contributed by atoms with Crippen molar-refractivity contribution in [1.29, 1.82) is 0 Å². The third kappa shape index (κ3) is 4.83. The summed E-state index contributed by atoms with van der Waals surface area (Å²) in [4.78, 5) is 0. The van der Waals surface area contributed by atoms with Crippen LogP contribution in [0.4, 0.5) is 0 Å². The maximum Gasteiger partial charge on any atom is 0.0251 e. The Morgan fingerprint density at radius 1 is 1.20 bits per heavy atom. The summed E-state index contributed by atoms with van der Waals surface area (Å²) in [7, 11) is 0. The molecule has 0 aromatic carbocycles.